The van der Waals surface area contributed by atoms with Crippen molar-refractivity contribution in [2.24, 2.45) is 5.92 Å². The van der Waals surface area contributed by atoms with Gasteiger partial charge in [0, 0.05) is 51.6 Å². The van der Waals surface area contributed by atoms with E-state index in [0.29, 0.717) is 6.10 Å². The lowest BCUT2D eigenvalue weighted by atomic mass is 10.0. The number of pyridine rings is 1. The third-order valence-corrected chi connectivity index (χ3v) is 5.56. The molecule has 0 spiro atoms. The van der Waals surface area contributed by atoms with Gasteiger partial charge in [-0.15, -0.1) is 0 Å². The second kappa shape index (κ2) is 7.70. The molecule has 1 N–H and O–H groups in total. The maximum absolute atomic E-state index is 12.6. The molecular weight excluding hydrogens is 316 g/mol. The number of amides is 2. The Balaban J connectivity index is 1.21. The summed E-state index contributed by atoms with van der Waals surface area (Å²) in [6.07, 6.45) is 6.72. The highest BCUT2D eigenvalue weighted by molar-refractivity contribution is 5.74. The molecule has 1 aromatic heterocycles. The fourth-order valence-electron chi connectivity index (χ4n) is 3.85. The number of hydrogen-bond donors (Lipinski definition) is 1. The summed E-state index contributed by atoms with van der Waals surface area (Å²) in [5, 5.41) is 3.24. The van der Waals surface area contributed by atoms with Crippen LogP contribution < -0.4 is 5.32 Å². The van der Waals surface area contributed by atoms with Crippen LogP contribution in [0.5, 0.6) is 0 Å². The topological polar surface area (TPSA) is 57.7 Å². The standard InChI is InChI=1S/C19H28N4O2/c24-19(21-16-6-12-25-18(13-16)15-4-5-15)23-10-8-22(9-11-23)14-17-3-1-2-7-20-17/h1-3,7,15-16,18H,4-6,8-14H2,(H,21,24)/t16-,18-/m1/s1. The van der Waals surface area contributed by atoms with Crippen molar-refractivity contribution in [3.8, 4) is 0 Å². The maximum atomic E-state index is 12.6. The summed E-state index contributed by atoms with van der Waals surface area (Å²) in [6.45, 7) is 5.02. The average Bonchev–Trinajstić information content (AvgIpc) is 3.49. The number of carbonyl (C=O) groups is 1. The van der Waals surface area contributed by atoms with Crippen LogP contribution in [0.3, 0.4) is 0 Å². The first kappa shape index (κ1) is 16.8. The van der Waals surface area contributed by atoms with Gasteiger partial charge in [-0.2, -0.15) is 0 Å². The molecule has 2 atom stereocenters. The molecule has 2 aliphatic heterocycles. The Kier molecular flexibility index (Phi) is 5.17. The molecule has 6 heteroatoms. The molecule has 2 amide bonds. The van der Waals surface area contributed by atoms with E-state index in [4.69, 9.17) is 4.74 Å². The summed E-state index contributed by atoms with van der Waals surface area (Å²) < 4.78 is 5.85. The summed E-state index contributed by atoms with van der Waals surface area (Å²) >= 11 is 0. The SMILES string of the molecule is O=C(N[C@@H]1CCO[C@@H](C2CC2)C1)N1CCN(Cc2ccccn2)CC1. The van der Waals surface area contributed by atoms with Gasteiger partial charge >= 0.3 is 6.03 Å². The number of urea groups is 1. The Bertz CT molecular complexity index is 570. The van der Waals surface area contributed by atoms with E-state index in [2.05, 4.69) is 21.3 Å². The van der Waals surface area contributed by atoms with Crippen molar-refractivity contribution in [3.63, 3.8) is 0 Å². The van der Waals surface area contributed by atoms with Crippen LogP contribution in [0.2, 0.25) is 0 Å². The molecule has 4 rings (SSSR count). The van der Waals surface area contributed by atoms with Crippen molar-refractivity contribution in [2.75, 3.05) is 32.8 Å². The van der Waals surface area contributed by atoms with E-state index in [1.807, 2.05) is 23.2 Å². The zero-order valence-corrected chi connectivity index (χ0v) is 14.8. The van der Waals surface area contributed by atoms with Crippen LogP contribution in [0.25, 0.3) is 0 Å². The van der Waals surface area contributed by atoms with Crippen molar-refractivity contribution in [1.82, 2.24) is 20.1 Å². The Morgan fingerprint density at radius 1 is 1.20 bits per heavy atom. The molecule has 6 nitrogen and oxygen atoms in total. The van der Waals surface area contributed by atoms with Gasteiger partial charge in [0.05, 0.1) is 11.8 Å². The van der Waals surface area contributed by atoms with Crippen LogP contribution >= 0.6 is 0 Å². The van der Waals surface area contributed by atoms with E-state index in [1.165, 1.54) is 12.8 Å². The molecule has 0 aromatic carbocycles. The first-order chi connectivity index (χ1) is 12.3. The summed E-state index contributed by atoms with van der Waals surface area (Å²) in [5.41, 5.74) is 1.09. The van der Waals surface area contributed by atoms with E-state index in [-0.39, 0.29) is 12.1 Å². The highest BCUT2D eigenvalue weighted by Gasteiger charge is 2.36. The van der Waals surface area contributed by atoms with Gasteiger partial charge in [0.1, 0.15) is 0 Å². The Hall–Kier alpha value is -1.66. The number of aromatic nitrogens is 1. The van der Waals surface area contributed by atoms with Gasteiger partial charge in [0.2, 0.25) is 0 Å². The lowest BCUT2D eigenvalue weighted by Crippen LogP contribution is -2.54. The minimum Gasteiger partial charge on any atom is -0.378 e. The summed E-state index contributed by atoms with van der Waals surface area (Å²) in [7, 11) is 0. The van der Waals surface area contributed by atoms with E-state index < -0.39 is 0 Å². The lowest BCUT2D eigenvalue weighted by Gasteiger charge is -2.36. The van der Waals surface area contributed by atoms with Crippen LogP contribution in [0.15, 0.2) is 24.4 Å². The van der Waals surface area contributed by atoms with Gasteiger partial charge in [0.25, 0.3) is 0 Å². The molecule has 0 bridgehead atoms. The van der Waals surface area contributed by atoms with Crippen LogP contribution in [-0.2, 0) is 11.3 Å². The number of ether oxygens (including phenoxy) is 1. The minimum absolute atomic E-state index is 0.0962. The molecule has 0 unspecified atom stereocenters. The van der Waals surface area contributed by atoms with Gasteiger partial charge in [-0.05, 0) is 43.7 Å². The number of carbonyl (C=O) groups excluding carboxylic acids is 1. The first-order valence-electron chi connectivity index (χ1n) is 9.57. The first-order valence-corrected chi connectivity index (χ1v) is 9.57. The maximum Gasteiger partial charge on any atom is 0.317 e. The van der Waals surface area contributed by atoms with Crippen LogP contribution in [0.1, 0.15) is 31.4 Å². The van der Waals surface area contributed by atoms with Gasteiger partial charge in [-0.3, -0.25) is 9.88 Å². The average molecular weight is 344 g/mol. The van der Waals surface area contributed by atoms with Gasteiger partial charge in [0.15, 0.2) is 0 Å². The predicted molar refractivity (Wildman–Crippen MR) is 95.1 cm³/mol. The molecular formula is C19H28N4O2. The fourth-order valence-corrected chi connectivity index (χ4v) is 3.85. The van der Waals surface area contributed by atoms with Gasteiger partial charge in [-0.1, -0.05) is 6.07 Å². The third kappa shape index (κ3) is 4.50. The second-order valence-corrected chi connectivity index (χ2v) is 7.50. The highest BCUT2D eigenvalue weighted by Crippen LogP contribution is 2.38. The molecule has 1 saturated carbocycles. The normalized spacial score (nSPS) is 27.9. The molecule has 136 valence electrons. The van der Waals surface area contributed by atoms with Crippen LogP contribution in [0.4, 0.5) is 4.79 Å². The molecule has 1 aromatic rings. The van der Waals surface area contributed by atoms with Crippen LogP contribution in [0, 0.1) is 5.92 Å². The van der Waals surface area contributed by atoms with E-state index in [0.717, 1.165) is 63.8 Å². The Morgan fingerprint density at radius 3 is 2.76 bits per heavy atom. The number of piperazine rings is 1. The zero-order chi connectivity index (χ0) is 17.1. The number of nitrogens with one attached hydrogen (secondary N) is 1. The predicted octanol–water partition coefficient (Wildman–Crippen LogP) is 1.87. The molecule has 3 fully saturated rings. The Morgan fingerprint density at radius 2 is 2.04 bits per heavy atom. The summed E-state index contributed by atoms with van der Waals surface area (Å²) in [4.78, 5) is 21.3. The van der Waals surface area contributed by atoms with E-state index in [9.17, 15) is 4.79 Å². The van der Waals surface area contributed by atoms with Crippen molar-refractivity contribution in [1.29, 1.82) is 0 Å². The van der Waals surface area contributed by atoms with E-state index >= 15 is 0 Å². The minimum atomic E-state index is 0.0962. The number of hydrogen-bond acceptors (Lipinski definition) is 4. The zero-order valence-electron chi connectivity index (χ0n) is 14.8. The van der Waals surface area contributed by atoms with Gasteiger partial charge in [-0.25, -0.2) is 4.79 Å². The largest absolute Gasteiger partial charge is 0.378 e. The number of nitrogens with zero attached hydrogens (tertiary/aromatic N) is 3. The highest BCUT2D eigenvalue weighted by atomic mass is 16.5. The summed E-state index contributed by atoms with van der Waals surface area (Å²) in [6, 6.07) is 6.39. The fraction of sp³-hybridized carbons (Fsp3) is 0.684. The quantitative estimate of drug-likeness (QED) is 0.906. The molecule has 2 saturated heterocycles. The molecule has 3 heterocycles. The number of rotatable bonds is 4. The van der Waals surface area contributed by atoms with Crippen molar-refractivity contribution in [2.45, 2.75) is 44.4 Å². The molecule has 1 aliphatic carbocycles. The summed E-state index contributed by atoms with van der Waals surface area (Å²) in [5.74, 6) is 0.745. The lowest BCUT2D eigenvalue weighted by molar-refractivity contribution is -0.0101. The molecule has 3 aliphatic rings. The van der Waals surface area contributed by atoms with Gasteiger partial charge < -0.3 is 15.0 Å². The third-order valence-electron chi connectivity index (χ3n) is 5.56. The van der Waals surface area contributed by atoms with Crippen molar-refractivity contribution >= 4 is 6.03 Å². The Labute approximate surface area is 149 Å². The molecule has 25 heavy (non-hydrogen) atoms. The van der Waals surface area contributed by atoms with Crippen molar-refractivity contribution in [3.05, 3.63) is 30.1 Å². The van der Waals surface area contributed by atoms with Crippen molar-refractivity contribution < 1.29 is 9.53 Å². The molecule has 0 radical (unpaired) electrons. The van der Waals surface area contributed by atoms with E-state index in [1.54, 1.807) is 0 Å². The smallest absolute Gasteiger partial charge is 0.317 e. The van der Waals surface area contributed by atoms with Crippen LogP contribution in [-0.4, -0.2) is 65.7 Å². The second-order valence-electron chi connectivity index (χ2n) is 7.50. The monoisotopic (exact) mass is 344 g/mol.